The van der Waals surface area contributed by atoms with Crippen molar-refractivity contribution in [3.8, 4) is 6.07 Å². The quantitative estimate of drug-likeness (QED) is 0.785. The number of nitriles is 1. The van der Waals surface area contributed by atoms with E-state index in [1.54, 1.807) is 6.20 Å². The molecule has 5 heteroatoms. The van der Waals surface area contributed by atoms with Crippen molar-refractivity contribution in [3.63, 3.8) is 0 Å². The van der Waals surface area contributed by atoms with E-state index in [9.17, 15) is 5.26 Å². The van der Waals surface area contributed by atoms with Gasteiger partial charge in [0.25, 0.3) is 0 Å². The van der Waals surface area contributed by atoms with Crippen LogP contribution in [0.1, 0.15) is 11.1 Å². The number of rotatable bonds is 3. The Kier molecular flexibility index (Phi) is 3.05. The number of nitrogens with two attached hydrogens (primary N) is 1. The zero-order valence-corrected chi connectivity index (χ0v) is 10.8. The number of nitrogens with zero attached hydrogens (tertiary/aromatic N) is 4. The lowest BCUT2D eigenvalue weighted by Gasteiger charge is -2.04. The first-order valence-corrected chi connectivity index (χ1v) is 6.33. The molecular formula is C15H13N5. The highest BCUT2D eigenvalue weighted by Gasteiger charge is 2.12. The predicted octanol–water partition coefficient (Wildman–Crippen LogP) is 2.13. The number of aromatic nitrogens is 3. The molecule has 0 atom stereocenters. The van der Waals surface area contributed by atoms with Crippen LogP contribution in [0.4, 0.5) is 5.82 Å². The molecular weight excluding hydrogens is 250 g/mol. The van der Waals surface area contributed by atoms with Crippen LogP contribution in [0.5, 0.6) is 0 Å². The van der Waals surface area contributed by atoms with Crippen LogP contribution in [0, 0.1) is 11.3 Å². The Hall–Kier alpha value is -2.87. The lowest BCUT2D eigenvalue weighted by atomic mass is 10.1. The van der Waals surface area contributed by atoms with Crippen molar-refractivity contribution in [2.75, 3.05) is 5.73 Å². The van der Waals surface area contributed by atoms with Gasteiger partial charge in [-0.3, -0.25) is 0 Å². The van der Waals surface area contributed by atoms with Crippen LogP contribution in [0.2, 0.25) is 0 Å². The fraction of sp³-hybridized carbons (Fsp3) is 0.133. The first-order chi connectivity index (χ1) is 9.79. The standard InChI is InChI=1S/C15H13N5/c16-8-12-9-20(7-6-11-4-2-1-3-5-11)15-13(12)14(17)18-10-19-15/h1-5,9-10H,6-7H2,(H2,17,18,19). The average molecular weight is 263 g/mol. The molecule has 2 N–H and O–H groups in total. The maximum absolute atomic E-state index is 9.18. The molecule has 0 radical (unpaired) electrons. The summed E-state index contributed by atoms with van der Waals surface area (Å²) in [7, 11) is 0. The molecule has 5 nitrogen and oxygen atoms in total. The number of hydrogen-bond donors (Lipinski definition) is 1. The summed E-state index contributed by atoms with van der Waals surface area (Å²) in [5.41, 5.74) is 8.32. The van der Waals surface area contributed by atoms with Crippen molar-refractivity contribution in [2.45, 2.75) is 13.0 Å². The number of fused-ring (bicyclic) bond motifs is 1. The molecule has 0 fully saturated rings. The maximum Gasteiger partial charge on any atom is 0.146 e. The molecule has 0 amide bonds. The summed E-state index contributed by atoms with van der Waals surface area (Å²) in [5, 5.41) is 9.83. The van der Waals surface area contributed by atoms with E-state index in [0.29, 0.717) is 22.4 Å². The highest BCUT2D eigenvalue weighted by atomic mass is 15.1. The molecule has 0 saturated carbocycles. The summed E-state index contributed by atoms with van der Waals surface area (Å²) >= 11 is 0. The fourth-order valence-electron chi connectivity index (χ4n) is 2.30. The van der Waals surface area contributed by atoms with Gasteiger partial charge in [0, 0.05) is 12.7 Å². The van der Waals surface area contributed by atoms with E-state index in [1.807, 2.05) is 22.8 Å². The van der Waals surface area contributed by atoms with E-state index in [-0.39, 0.29) is 0 Å². The molecule has 98 valence electrons. The number of aryl methyl sites for hydroxylation is 2. The van der Waals surface area contributed by atoms with Crippen LogP contribution in [0.25, 0.3) is 11.0 Å². The minimum absolute atomic E-state index is 0.352. The van der Waals surface area contributed by atoms with Crippen molar-refractivity contribution < 1.29 is 0 Å². The topological polar surface area (TPSA) is 80.5 Å². The van der Waals surface area contributed by atoms with Crippen molar-refractivity contribution in [3.05, 3.63) is 54.0 Å². The first kappa shape index (κ1) is 12.2. The number of hydrogen-bond acceptors (Lipinski definition) is 4. The number of anilines is 1. The van der Waals surface area contributed by atoms with Crippen molar-refractivity contribution >= 4 is 16.9 Å². The van der Waals surface area contributed by atoms with Crippen molar-refractivity contribution in [2.24, 2.45) is 0 Å². The molecule has 3 aromatic rings. The van der Waals surface area contributed by atoms with Crippen LogP contribution in [-0.4, -0.2) is 14.5 Å². The van der Waals surface area contributed by atoms with Gasteiger partial charge in [0.2, 0.25) is 0 Å². The van der Waals surface area contributed by atoms with E-state index >= 15 is 0 Å². The predicted molar refractivity (Wildman–Crippen MR) is 76.8 cm³/mol. The zero-order valence-electron chi connectivity index (χ0n) is 10.8. The highest BCUT2D eigenvalue weighted by Crippen LogP contribution is 2.23. The third-order valence-corrected chi connectivity index (χ3v) is 3.29. The summed E-state index contributed by atoms with van der Waals surface area (Å²) in [6.45, 7) is 0.749. The number of benzene rings is 1. The molecule has 1 aromatic carbocycles. The van der Waals surface area contributed by atoms with Crippen LogP contribution in [-0.2, 0) is 13.0 Å². The van der Waals surface area contributed by atoms with E-state index in [4.69, 9.17) is 5.73 Å². The summed E-state index contributed by atoms with van der Waals surface area (Å²) in [5.74, 6) is 0.352. The van der Waals surface area contributed by atoms with E-state index in [2.05, 4.69) is 28.2 Å². The molecule has 3 rings (SSSR count). The monoisotopic (exact) mass is 263 g/mol. The largest absolute Gasteiger partial charge is 0.383 e. The molecule has 0 aliphatic heterocycles. The third-order valence-electron chi connectivity index (χ3n) is 3.29. The van der Waals surface area contributed by atoms with Gasteiger partial charge >= 0.3 is 0 Å². The van der Waals surface area contributed by atoms with Crippen LogP contribution in [0.15, 0.2) is 42.9 Å². The molecule has 20 heavy (non-hydrogen) atoms. The van der Waals surface area contributed by atoms with Crippen LogP contribution in [0.3, 0.4) is 0 Å². The molecule has 0 aliphatic rings. The van der Waals surface area contributed by atoms with Crippen LogP contribution < -0.4 is 5.73 Å². The highest BCUT2D eigenvalue weighted by molar-refractivity contribution is 5.91. The Morgan fingerprint density at radius 1 is 1.20 bits per heavy atom. The van der Waals surface area contributed by atoms with Crippen molar-refractivity contribution in [1.29, 1.82) is 5.26 Å². The summed E-state index contributed by atoms with van der Waals surface area (Å²) < 4.78 is 1.96. The molecule has 0 unspecified atom stereocenters. The van der Waals surface area contributed by atoms with Gasteiger partial charge in [0.05, 0.1) is 10.9 Å². The summed E-state index contributed by atoms with van der Waals surface area (Å²) in [6.07, 6.45) is 4.09. The lowest BCUT2D eigenvalue weighted by molar-refractivity contribution is 0.715. The Morgan fingerprint density at radius 2 is 2.00 bits per heavy atom. The summed E-state index contributed by atoms with van der Waals surface area (Å²) in [4.78, 5) is 8.19. The zero-order chi connectivity index (χ0) is 13.9. The normalized spacial score (nSPS) is 10.6. The van der Waals surface area contributed by atoms with Crippen LogP contribution >= 0.6 is 0 Å². The summed E-state index contributed by atoms with van der Waals surface area (Å²) in [6, 6.07) is 12.3. The Bertz CT molecular complexity index is 783. The number of nitrogen functional groups attached to an aromatic ring is 1. The minimum atomic E-state index is 0.352. The SMILES string of the molecule is N#Cc1cn(CCc2ccccc2)c2ncnc(N)c12. The Balaban J connectivity index is 1.97. The van der Waals surface area contributed by atoms with Gasteiger partial charge in [-0.05, 0) is 12.0 Å². The lowest BCUT2D eigenvalue weighted by Crippen LogP contribution is -2.01. The van der Waals surface area contributed by atoms with Gasteiger partial charge in [-0.15, -0.1) is 0 Å². The fourth-order valence-corrected chi connectivity index (χ4v) is 2.30. The molecule has 0 saturated heterocycles. The van der Waals surface area contributed by atoms with Crippen molar-refractivity contribution in [1.82, 2.24) is 14.5 Å². The first-order valence-electron chi connectivity index (χ1n) is 6.33. The second-order valence-electron chi connectivity index (χ2n) is 4.54. The Labute approximate surface area is 116 Å². The van der Waals surface area contributed by atoms with E-state index < -0.39 is 0 Å². The molecule has 0 bridgehead atoms. The van der Waals surface area contributed by atoms with Gasteiger partial charge < -0.3 is 10.3 Å². The molecule has 0 spiro atoms. The second-order valence-corrected chi connectivity index (χ2v) is 4.54. The van der Waals surface area contributed by atoms with Gasteiger partial charge in [-0.25, -0.2) is 9.97 Å². The minimum Gasteiger partial charge on any atom is -0.383 e. The molecule has 2 heterocycles. The Morgan fingerprint density at radius 3 is 2.75 bits per heavy atom. The molecule has 0 aliphatic carbocycles. The second kappa shape index (κ2) is 5.02. The van der Waals surface area contributed by atoms with Gasteiger partial charge in [0.15, 0.2) is 0 Å². The van der Waals surface area contributed by atoms with Gasteiger partial charge in [-0.2, -0.15) is 5.26 Å². The average Bonchev–Trinajstić information content (AvgIpc) is 2.86. The molecule has 2 aromatic heterocycles. The third kappa shape index (κ3) is 2.08. The van der Waals surface area contributed by atoms with Gasteiger partial charge in [-0.1, -0.05) is 30.3 Å². The van der Waals surface area contributed by atoms with E-state index in [1.165, 1.54) is 11.9 Å². The maximum atomic E-state index is 9.18. The van der Waals surface area contributed by atoms with E-state index in [0.717, 1.165) is 13.0 Å². The smallest absolute Gasteiger partial charge is 0.146 e. The van der Waals surface area contributed by atoms with Gasteiger partial charge in [0.1, 0.15) is 23.9 Å².